The van der Waals surface area contributed by atoms with Gasteiger partial charge in [0.2, 0.25) is 5.91 Å². The highest BCUT2D eigenvalue weighted by molar-refractivity contribution is 7.11. The second kappa shape index (κ2) is 5.75. The number of nitrogens with one attached hydrogen (secondary N) is 1. The minimum Gasteiger partial charge on any atom is -0.366 e. The fraction of sp³-hybridized carbons (Fsp3) is 0.231. The fourth-order valence-corrected chi connectivity index (χ4v) is 2.34. The van der Waals surface area contributed by atoms with Crippen LogP contribution in [0.1, 0.15) is 25.8 Å². The van der Waals surface area contributed by atoms with E-state index in [2.05, 4.69) is 10.3 Å². The van der Waals surface area contributed by atoms with E-state index in [-0.39, 0.29) is 0 Å². The maximum Gasteiger partial charge on any atom is 0.248 e. The molecule has 94 valence electrons. The standard InChI is InChI=1S/C13H15N3OS/c1-9-6-16-12(18-9)8-15-7-10-2-4-11(5-3-10)13(14)17/h2-6,15H,7-8H2,1H3,(H2,14,17). The van der Waals surface area contributed by atoms with Gasteiger partial charge in [-0.1, -0.05) is 12.1 Å². The number of thiazole rings is 1. The Bertz CT molecular complexity index is 533. The monoisotopic (exact) mass is 261 g/mol. The molecule has 1 amide bonds. The van der Waals surface area contributed by atoms with Crippen molar-refractivity contribution in [2.24, 2.45) is 5.73 Å². The van der Waals surface area contributed by atoms with E-state index in [9.17, 15) is 4.79 Å². The van der Waals surface area contributed by atoms with Crippen LogP contribution < -0.4 is 11.1 Å². The Hall–Kier alpha value is -1.72. The molecule has 0 aliphatic rings. The summed E-state index contributed by atoms with van der Waals surface area (Å²) in [5.74, 6) is -0.396. The molecule has 0 bridgehead atoms. The van der Waals surface area contributed by atoms with Gasteiger partial charge in [-0.15, -0.1) is 11.3 Å². The second-order valence-corrected chi connectivity index (χ2v) is 5.35. The first-order chi connectivity index (χ1) is 8.65. The third-order valence-corrected chi connectivity index (χ3v) is 3.43. The zero-order valence-electron chi connectivity index (χ0n) is 10.1. The molecule has 18 heavy (non-hydrogen) atoms. The molecule has 0 saturated carbocycles. The first kappa shape index (κ1) is 12.7. The molecule has 2 aromatic rings. The van der Waals surface area contributed by atoms with Gasteiger partial charge >= 0.3 is 0 Å². The molecule has 0 atom stereocenters. The minimum absolute atomic E-state index is 0.396. The summed E-state index contributed by atoms with van der Waals surface area (Å²) >= 11 is 1.69. The molecule has 0 fully saturated rings. The molecule has 2 rings (SSSR count). The number of hydrogen-bond donors (Lipinski definition) is 2. The summed E-state index contributed by atoms with van der Waals surface area (Å²) in [6, 6.07) is 7.29. The van der Waals surface area contributed by atoms with Crippen molar-refractivity contribution in [1.82, 2.24) is 10.3 Å². The molecule has 0 aliphatic carbocycles. The summed E-state index contributed by atoms with van der Waals surface area (Å²) in [5.41, 5.74) is 6.84. The van der Waals surface area contributed by atoms with Crippen LogP contribution in [0, 0.1) is 6.92 Å². The lowest BCUT2D eigenvalue weighted by molar-refractivity contribution is 0.100. The van der Waals surface area contributed by atoms with Crippen LogP contribution in [0.25, 0.3) is 0 Å². The largest absolute Gasteiger partial charge is 0.366 e. The van der Waals surface area contributed by atoms with E-state index in [1.165, 1.54) is 4.88 Å². The van der Waals surface area contributed by atoms with Crippen molar-refractivity contribution in [3.8, 4) is 0 Å². The molecule has 0 aliphatic heterocycles. The highest BCUT2D eigenvalue weighted by atomic mass is 32.1. The van der Waals surface area contributed by atoms with Gasteiger partial charge in [-0.25, -0.2) is 4.98 Å². The van der Waals surface area contributed by atoms with E-state index >= 15 is 0 Å². The third-order valence-electron chi connectivity index (χ3n) is 2.51. The van der Waals surface area contributed by atoms with Crippen LogP contribution in [0.15, 0.2) is 30.5 Å². The maximum absolute atomic E-state index is 10.9. The average molecular weight is 261 g/mol. The van der Waals surface area contributed by atoms with Crippen molar-refractivity contribution in [1.29, 1.82) is 0 Å². The maximum atomic E-state index is 10.9. The van der Waals surface area contributed by atoms with Gasteiger partial charge in [0.1, 0.15) is 5.01 Å². The predicted octanol–water partition coefficient (Wildman–Crippen LogP) is 1.84. The van der Waals surface area contributed by atoms with Gasteiger partial charge < -0.3 is 11.1 Å². The molecule has 0 unspecified atom stereocenters. The Morgan fingerprint density at radius 2 is 2.06 bits per heavy atom. The first-order valence-corrected chi connectivity index (χ1v) is 6.47. The number of aromatic nitrogens is 1. The normalized spacial score (nSPS) is 10.5. The lowest BCUT2D eigenvalue weighted by Crippen LogP contribution is -2.13. The summed E-state index contributed by atoms with van der Waals surface area (Å²) in [6.07, 6.45) is 1.88. The SMILES string of the molecule is Cc1cnc(CNCc2ccc(C(N)=O)cc2)s1. The smallest absolute Gasteiger partial charge is 0.248 e. The molecule has 0 radical (unpaired) electrons. The van der Waals surface area contributed by atoms with Gasteiger partial charge in [-0.2, -0.15) is 0 Å². The lowest BCUT2D eigenvalue weighted by Gasteiger charge is -2.03. The summed E-state index contributed by atoms with van der Waals surface area (Å²) in [6.45, 7) is 3.55. The molecule has 3 N–H and O–H groups in total. The number of aryl methyl sites for hydroxylation is 1. The van der Waals surface area contributed by atoms with Crippen LogP contribution in [0.4, 0.5) is 0 Å². The lowest BCUT2D eigenvalue weighted by atomic mass is 10.1. The molecule has 0 spiro atoms. The van der Waals surface area contributed by atoms with E-state index in [1.807, 2.05) is 25.3 Å². The van der Waals surface area contributed by atoms with Crippen molar-refractivity contribution in [3.05, 3.63) is 51.5 Å². The van der Waals surface area contributed by atoms with Crippen molar-refractivity contribution in [2.75, 3.05) is 0 Å². The number of primary amides is 1. The minimum atomic E-state index is -0.396. The van der Waals surface area contributed by atoms with Crippen molar-refractivity contribution >= 4 is 17.2 Å². The molecule has 1 heterocycles. The molecule has 5 heteroatoms. The Morgan fingerprint density at radius 1 is 1.33 bits per heavy atom. The van der Waals surface area contributed by atoms with Crippen molar-refractivity contribution in [2.45, 2.75) is 20.0 Å². The van der Waals surface area contributed by atoms with Crippen LogP contribution in [0.2, 0.25) is 0 Å². The van der Waals surface area contributed by atoms with E-state index < -0.39 is 5.91 Å². The van der Waals surface area contributed by atoms with Gasteiger partial charge in [0.05, 0.1) is 0 Å². The van der Waals surface area contributed by atoms with Crippen LogP contribution in [-0.4, -0.2) is 10.9 Å². The highest BCUT2D eigenvalue weighted by Crippen LogP contribution is 2.11. The topological polar surface area (TPSA) is 68.0 Å². The molecule has 4 nitrogen and oxygen atoms in total. The second-order valence-electron chi connectivity index (χ2n) is 4.03. The van der Waals surface area contributed by atoms with Gasteiger partial charge in [0.25, 0.3) is 0 Å². The fourth-order valence-electron chi connectivity index (χ4n) is 1.58. The van der Waals surface area contributed by atoms with Crippen LogP contribution in [0.3, 0.4) is 0 Å². The number of nitrogens with zero attached hydrogens (tertiary/aromatic N) is 1. The Morgan fingerprint density at radius 3 is 2.61 bits per heavy atom. The zero-order chi connectivity index (χ0) is 13.0. The zero-order valence-corrected chi connectivity index (χ0v) is 11.0. The number of hydrogen-bond acceptors (Lipinski definition) is 4. The van der Waals surface area contributed by atoms with Crippen LogP contribution in [-0.2, 0) is 13.1 Å². The molecule has 1 aromatic heterocycles. The molecular weight excluding hydrogens is 246 g/mol. The Kier molecular flexibility index (Phi) is 4.07. The highest BCUT2D eigenvalue weighted by Gasteiger charge is 2.01. The van der Waals surface area contributed by atoms with Crippen molar-refractivity contribution < 1.29 is 4.79 Å². The number of carbonyl (C=O) groups is 1. The summed E-state index contributed by atoms with van der Waals surface area (Å²) in [7, 11) is 0. The van der Waals surface area contributed by atoms with Crippen molar-refractivity contribution in [3.63, 3.8) is 0 Å². The van der Waals surface area contributed by atoms with Crippen LogP contribution in [0.5, 0.6) is 0 Å². The number of nitrogens with two attached hydrogens (primary N) is 1. The quantitative estimate of drug-likeness (QED) is 0.863. The van der Waals surface area contributed by atoms with Gasteiger partial charge in [0, 0.05) is 29.7 Å². The number of benzene rings is 1. The number of carbonyl (C=O) groups excluding carboxylic acids is 1. The van der Waals surface area contributed by atoms with E-state index in [4.69, 9.17) is 5.73 Å². The molecule has 0 saturated heterocycles. The van der Waals surface area contributed by atoms with Crippen LogP contribution >= 0.6 is 11.3 Å². The van der Waals surface area contributed by atoms with E-state index in [0.717, 1.165) is 23.7 Å². The van der Waals surface area contributed by atoms with Gasteiger partial charge in [-0.3, -0.25) is 4.79 Å². The summed E-state index contributed by atoms with van der Waals surface area (Å²) in [4.78, 5) is 16.4. The Labute approximate surface area is 110 Å². The summed E-state index contributed by atoms with van der Waals surface area (Å²) in [5, 5.41) is 4.40. The van der Waals surface area contributed by atoms with E-state index in [1.54, 1.807) is 23.5 Å². The Balaban J connectivity index is 1.85. The average Bonchev–Trinajstić information content (AvgIpc) is 2.76. The number of amides is 1. The summed E-state index contributed by atoms with van der Waals surface area (Å²) < 4.78 is 0. The van der Waals surface area contributed by atoms with Gasteiger partial charge in [0.15, 0.2) is 0 Å². The van der Waals surface area contributed by atoms with Gasteiger partial charge in [-0.05, 0) is 24.6 Å². The molecular formula is C13H15N3OS. The van der Waals surface area contributed by atoms with E-state index in [0.29, 0.717) is 5.56 Å². The third kappa shape index (κ3) is 3.38. The first-order valence-electron chi connectivity index (χ1n) is 5.66. The molecule has 1 aromatic carbocycles. The number of rotatable bonds is 5. The predicted molar refractivity (Wildman–Crippen MR) is 72.4 cm³/mol.